The summed E-state index contributed by atoms with van der Waals surface area (Å²) in [7, 11) is 0. The molecule has 0 fully saturated rings. The highest BCUT2D eigenvalue weighted by Gasteiger charge is 2.37. The van der Waals surface area contributed by atoms with Crippen LogP contribution < -0.4 is 0 Å². The number of carbonyl (C=O) groups is 1. The molecule has 0 saturated heterocycles. The second kappa shape index (κ2) is 9.44. The van der Waals surface area contributed by atoms with Gasteiger partial charge in [-0.05, 0) is 42.6 Å². The zero-order chi connectivity index (χ0) is 22.8. The second-order valence-electron chi connectivity index (χ2n) is 9.81. The fourth-order valence-corrected chi connectivity index (χ4v) is 5.54. The maximum atomic E-state index is 14.0. The van der Waals surface area contributed by atoms with Crippen LogP contribution in [0.25, 0.3) is 11.3 Å². The molecule has 0 bridgehead atoms. The summed E-state index contributed by atoms with van der Waals surface area (Å²) in [6, 6.07) is 20.8. The first-order valence-corrected chi connectivity index (χ1v) is 12.2. The Kier molecular flexibility index (Phi) is 6.64. The summed E-state index contributed by atoms with van der Waals surface area (Å²) >= 11 is 0. The van der Waals surface area contributed by atoms with Crippen LogP contribution in [0.2, 0.25) is 0 Å². The normalized spacial score (nSPS) is 20.1. The van der Waals surface area contributed by atoms with Gasteiger partial charge in [-0.25, -0.2) is 0 Å². The van der Waals surface area contributed by atoms with E-state index in [9.17, 15) is 4.79 Å². The van der Waals surface area contributed by atoms with Crippen LogP contribution in [0.5, 0.6) is 0 Å². The van der Waals surface area contributed by atoms with Crippen LogP contribution in [0, 0.1) is 11.8 Å². The summed E-state index contributed by atoms with van der Waals surface area (Å²) < 4.78 is 1.77. The van der Waals surface area contributed by atoms with Crippen molar-refractivity contribution in [3.63, 3.8) is 0 Å². The van der Waals surface area contributed by atoms with Gasteiger partial charge in [-0.15, -0.1) is 0 Å². The van der Waals surface area contributed by atoms with Crippen LogP contribution in [-0.2, 0) is 0 Å². The molecule has 0 radical (unpaired) electrons. The van der Waals surface area contributed by atoms with Crippen molar-refractivity contribution in [2.45, 2.75) is 71.6 Å². The van der Waals surface area contributed by atoms with Crippen molar-refractivity contribution in [2.75, 3.05) is 0 Å². The van der Waals surface area contributed by atoms with Gasteiger partial charge in [0.05, 0.1) is 11.4 Å². The molecule has 1 aliphatic rings. The third-order valence-corrected chi connectivity index (χ3v) is 7.43. The standard InChI is InChI=1S/C29H36N2O/c1-6-24(22-13-9-7-10-14-22)21(5)29(32)31-28(23-15-11-8-12-16-23)26-20(4)17-18-25(19(2)3)27(26)30-31/h7-16,19-21,24-25H,6,17-18H2,1-5H3/t20-,21+,24+,25+/m1/s1. The van der Waals surface area contributed by atoms with Crippen LogP contribution >= 0.6 is 0 Å². The molecule has 0 N–H and O–H groups in total. The number of carbonyl (C=O) groups excluding carboxylic acids is 1. The molecule has 0 saturated carbocycles. The van der Waals surface area contributed by atoms with Gasteiger partial charge in [0.15, 0.2) is 0 Å². The Labute approximate surface area is 192 Å². The van der Waals surface area contributed by atoms with E-state index in [4.69, 9.17) is 5.10 Å². The highest BCUT2D eigenvalue weighted by molar-refractivity contribution is 5.87. The molecular formula is C29H36N2O. The molecule has 0 spiro atoms. The van der Waals surface area contributed by atoms with Crippen LogP contribution in [0.3, 0.4) is 0 Å². The lowest BCUT2D eigenvalue weighted by Crippen LogP contribution is -2.26. The Morgan fingerprint density at radius 2 is 1.62 bits per heavy atom. The van der Waals surface area contributed by atoms with E-state index in [1.165, 1.54) is 11.1 Å². The number of nitrogens with zero attached hydrogens (tertiary/aromatic N) is 2. The minimum Gasteiger partial charge on any atom is -0.272 e. The zero-order valence-electron chi connectivity index (χ0n) is 20.1. The molecule has 3 aromatic rings. The molecule has 3 nitrogen and oxygen atoms in total. The lowest BCUT2D eigenvalue weighted by molar-refractivity contribution is 0.0808. The largest absolute Gasteiger partial charge is 0.272 e. The number of aromatic nitrogens is 2. The summed E-state index contributed by atoms with van der Waals surface area (Å²) in [6.45, 7) is 11.1. The molecule has 32 heavy (non-hydrogen) atoms. The van der Waals surface area contributed by atoms with Crippen molar-refractivity contribution in [1.29, 1.82) is 0 Å². The molecule has 0 amide bonds. The Morgan fingerprint density at radius 3 is 2.22 bits per heavy atom. The van der Waals surface area contributed by atoms with E-state index in [0.717, 1.165) is 36.2 Å². The van der Waals surface area contributed by atoms with E-state index in [1.807, 2.05) is 12.1 Å². The van der Waals surface area contributed by atoms with Gasteiger partial charge in [-0.1, -0.05) is 95.3 Å². The van der Waals surface area contributed by atoms with Crippen LogP contribution in [-0.4, -0.2) is 15.7 Å². The molecule has 1 aromatic heterocycles. The number of rotatable bonds is 6. The molecule has 0 aliphatic heterocycles. The van der Waals surface area contributed by atoms with Crippen molar-refractivity contribution in [1.82, 2.24) is 9.78 Å². The van der Waals surface area contributed by atoms with Crippen LogP contribution in [0.1, 0.15) is 93.3 Å². The highest BCUT2D eigenvalue weighted by Crippen LogP contribution is 2.46. The topological polar surface area (TPSA) is 34.9 Å². The Hall–Kier alpha value is -2.68. The van der Waals surface area contributed by atoms with Gasteiger partial charge in [0, 0.05) is 23.0 Å². The maximum Gasteiger partial charge on any atom is 0.250 e. The van der Waals surface area contributed by atoms with Gasteiger partial charge in [0.1, 0.15) is 0 Å². The van der Waals surface area contributed by atoms with E-state index < -0.39 is 0 Å². The van der Waals surface area contributed by atoms with Gasteiger partial charge in [0.25, 0.3) is 5.91 Å². The molecule has 1 heterocycles. The van der Waals surface area contributed by atoms with Crippen molar-refractivity contribution < 1.29 is 4.79 Å². The number of fused-ring (bicyclic) bond motifs is 1. The van der Waals surface area contributed by atoms with Gasteiger partial charge in [0.2, 0.25) is 0 Å². The van der Waals surface area contributed by atoms with Crippen molar-refractivity contribution in [3.8, 4) is 11.3 Å². The fraction of sp³-hybridized carbons (Fsp3) is 0.448. The number of hydrogen-bond acceptors (Lipinski definition) is 2. The number of benzene rings is 2. The molecule has 4 atom stereocenters. The predicted molar refractivity (Wildman–Crippen MR) is 132 cm³/mol. The second-order valence-corrected chi connectivity index (χ2v) is 9.81. The minimum atomic E-state index is -0.154. The minimum absolute atomic E-state index is 0.101. The van der Waals surface area contributed by atoms with Crippen molar-refractivity contribution in [3.05, 3.63) is 77.5 Å². The number of hydrogen-bond donors (Lipinski definition) is 0. The molecule has 1 aliphatic carbocycles. The van der Waals surface area contributed by atoms with Gasteiger partial charge < -0.3 is 0 Å². The monoisotopic (exact) mass is 428 g/mol. The quantitative estimate of drug-likeness (QED) is 0.404. The van der Waals surface area contributed by atoms with Crippen molar-refractivity contribution in [2.24, 2.45) is 11.8 Å². The summed E-state index contributed by atoms with van der Waals surface area (Å²) in [6.07, 6.45) is 3.21. The maximum absolute atomic E-state index is 14.0. The molecule has 0 unspecified atom stereocenters. The zero-order valence-corrected chi connectivity index (χ0v) is 20.1. The van der Waals surface area contributed by atoms with Gasteiger partial charge in [-0.3, -0.25) is 4.79 Å². The first kappa shape index (κ1) is 22.5. The van der Waals surface area contributed by atoms with E-state index in [2.05, 4.69) is 83.1 Å². The molecule has 2 aromatic carbocycles. The molecule has 4 rings (SSSR count). The summed E-state index contributed by atoms with van der Waals surface area (Å²) in [5.74, 6) is 1.44. The summed E-state index contributed by atoms with van der Waals surface area (Å²) in [4.78, 5) is 14.0. The summed E-state index contributed by atoms with van der Waals surface area (Å²) in [5, 5.41) is 5.08. The van der Waals surface area contributed by atoms with Crippen LogP contribution in [0.15, 0.2) is 60.7 Å². The van der Waals surface area contributed by atoms with E-state index in [1.54, 1.807) is 4.68 Å². The van der Waals surface area contributed by atoms with Gasteiger partial charge in [-0.2, -0.15) is 9.78 Å². The average Bonchev–Trinajstić information content (AvgIpc) is 3.21. The third-order valence-electron chi connectivity index (χ3n) is 7.43. The van der Waals surface area contributed by atoms with Crippen molar-refractivity contribution >= 4 is 5.91 Å². The van der Waals surface area contributed by atoms with E-state index in [-0.39, 0.29) is 17.7 Å². The SMILES string of the molecule is CC[C@H](c1ccccc1)[C@H](C)C(=O)n1nc2c(c1-c1ccccc1)[C@H](C)CC[C@H]2C(C)C. The average molecular weight is 429 g/mol. The lowest BCUT2D eigenvalue weighted by atomic mass is 9.75. The van der Waals surface area contributed by atoms with E-state index in [0.29, 0.717) is 17.8 Å². The van der Waals surface area contributed by atoms with Gasteiger partial charge >= 0.3 is 0 Å². The smallest absolute Gasteiger partial charge is 0.250 e. The Balaban J connectivity index is 1.85. The Morgan fingerprint density at radius 1 is 1.00 bits per heavy atom. The Bertz CT molecular complexity index is 1050. The van der Waals surface area contributed by atoms with E-state index >= 15 is 0 Å². The highest BCUT2D eigenvalue weighted by atomic mass is 16.2. The van der Waals surface area contributed by atoms with Crippen LogP contribution in [0.4, 0.5) is 0 Å². The lowest BCUT2D eigenvalue weighted by Gasteiger charge is -2.29. The fourth-order valence-electron chi connectivity index (χ4n) is 5.54. The third kappa shape index (κ3) is 4.05. The molecule has 3 heteroatoms. The molecule has 168 valence electrons. The first-order valence-electron chi connectivity index (χ1n) is 12.2. The molecular weight excluding hydrogens is 392 g/mol. The first-order chi connectivity index (χ1) is 15.4. The predicted octanol–water partition coefficient (Wildman–Crippen LogP) is 7.66. The summed E-state index contributed by atoms with van der Waals surface area (Å²) in [5.41, 5.74) is 5.76.